The van der Waals surface area contributed by atoms with Gasteiger partial charge in [0.15, 0.2) is 17.1 Å². The van der Waals surface area contributed by atoms with Gasteiger partial charge in [-0.2, -0.15) is 0 Å². The number of methoxy groups -OCH3 is 1. The Balaban J connectivity index is 1.96. The van der Waals surface area contributed by atoms with Gasteiger partial charge in [0.25, 0.3) is 5.91 Å². The number of likely N-dealkylation sites (tertiary alicyclic amines) is 1. The molecule has 23 heavy (non-hydrogen) atoms. The van der Waals surface area contributed by atoms with Crippen molar-refractivity contribution in [2.75, 3.05) is 20.2 Å². The van der Waals surface area contributed by atoms with Gasteiger partial charge in [-0.05, 0) is 26.3 Å². The smallest absolute Gasteiger partial charge is 0.311 e. The van der Waals surface area contributed by atoms with Gasteiger partial charge in [-0.15, -0.1) is 0 Å². The second kappa shape index (κ2) is 5.30. The summed E-state index contributed by atoms with van der Waals surface area (Å²) < 4.78 is 11.0. The molecule has 1 aliphatic rings. The summed E-state index contributed by atoms with van der Waals surface area (Å²) in [6.45, 7) is 4.09. The Morgan fingerprint density at radius 1 is 1.39 bits per heavy atom. The summed E-state index contributed by atoms with van der Waals surface area (Å²) in [5.74, 6) is -0.331. The summed E-state index contributed by atoms with van der Waals surface area (Å²) in [7, 11) is 1.55. The first-order chi connectivity index (χ1) is 10.9. The number of hydrogen-bond donors (Lipinski definition) is 1. The minimum absolute atomic E-state index is 0.189. The number of nitrogens with zero attached hydrogens (tertiary/aromatic N) is 1. The highest BCUT2D eigenvalue weighted by Crippen LogP contribution is 2.35. The standard InChI is InChI=1S/C17H19NO5/c1-10-11-5-4-6-12(22-3)14(11)23-13(10)15(19)18-8-7-17(2,9-18)16(20)21/h4-6H,7-9H2,1-3H3,(H,20,21)/t17-/m1/s1. The third-order valence-electron chi connectivity index (χ3n) is 4.62. The van der Waals surface area contributed by atoms with Crippen molar-refractivity contribution in [2.24, 2.45) is 5.41 Å². The van der Waals surface area contributed by atoms with E-state index < -0.39 is 11.4 Å². The molecule has 0 radical (unpaired) electrons. The van der Waals surface area contributed by atoms with Crippen molar-refractivity contribution >= 4 is 22.8 Å². The Hall–Kier alpha value is -2.50. The van der Waals surface area contributed by atoms with Crippen LogP contribution in [0.2, 0.25) is 0 Å². The zero-order valence-electron chi connectivity index (χ0n) is 13.4. The van der Waals surface area contributed by atoms with Crippen molar-refractivity contribution in [3.05, 3.63) is 29.5 Å². The number of carboxylic acids is 1. The molecule has 0 unspecified atom stereocenters. The number of aliphatic carboxylic acids is 1. The van der Waals surface area contributed by atoms with E-state index in [4.69, 9.17) is 9.15 Å². The number of para-hydroxylation sites is 1. The number of ether oxygens (including phenoxy) is 1. The second-order valence-electron chi connectivity index (χ2n) is 6.24. The van der Waals surface area contributed by atoms with Gasteiger partial charge in [0.1, 0.15) is 0 Å². The number of fused-ring (bicyclic) bond motifs is 1. The van der Waals surface area contributed by atoms with Crippen LogP contribution in [0.4, 0.5) is 0 Å². The number of aryl methyl sites for hydroxylation is 1. The van der Waals surface area contributed by atoms with Gasteiger partial charge in [0.05, 0.1) is 12.5 Å². The van der Waals surface area contributed by atoms with Crippen LogP contribution in [0.15, 0.2) is 22.6 Å². The van der Waals surface area contributed by atoms with E-state index in [1.807, 2.05) is 19.1 Å². The lowest BCUT2D eigenvalue weighted by molar-refractivity contribution is -0.147. The van der Waals surface area contributed by atoms with E-state index in [0.717, 1.165) is 10.9 Å². The number of hydrogen-bond acceptors (Lipinski definition) is 4. The van der Waals surface area contributed by atoms with Gasteiger partial charge >= 0.3 is 5.97 Å². The highest BCUT2D eigenvalue weighted by Gasteiger charge is 2.43. The summed E-state index contributed by atoms with van der Waals surface area (Å²) >= 11 is 0. The second-order valence-corrected chi connectivity index (χ2v) is 6.24. The molecule has 1 aliphatic heterocycles. The first-order valence-corrected chi connectivity index (χ1v) is 7.46. The molecule has 6 heteroatoms. The summed E-state index contributed by atoms with van der Waals surface area (Å²) in [5, 5.41) is 10.1. The molecule has 0 saturated carbocycles. The normalized spacial score (nSPS) is 20.9. The molecule has 0 bridgehead atoms. The molecular weight excluding hydrogens is 298 g/mol. The molecule has 1 saturated heterocycles. The Bertz CT molecular complexity index is 794. The average Bonchev–Trinajstić information content (AvgIpc) is 3.09. The Morgan fingerprint density at radius 2 is 2.13 bits per heavy atom. The number of rotatable bonds is 3. The maximum atomic E-state index is 12.7. The number of amides is 1. The van der Waals surface area contributed by atoms with Crippen LogP contribution in [0.3, 0.4) is 0 Å². The van der Waals surface area contributed by atoms with E-state index in [1.54, 1.807) is 25.0 Å². The van der Waals surface area contributed by atoms with E-state index in [9.17, 15) is 14.7 Å². The average molecular weight is 317 g/mol. The van der Waals surface area contributed by atoms with Crippen molar-refractivity contribution in [1.29, 1.82) is 0 Å². The molecule has 1 fully saturated rings. The van der Waals surface area contributed by atoms with Crippen molar-refractivity contribution in [3.8, 4) is 5.75 Å². The highest BCUT2D eigenvalue weighted by atomic mass is 16.5. The van der Waals surface area contributed by atoms with Crippen molar-refractivity contribution in [1.82, 2.24) is 4.90 Å². The van der Waals surface area contributed by atoms with E-state index in [1.165, 1.54) is 0 Å². The largest absolute Gasteiger partial charge is 0.493 e. The van der Waals surface area contributed by atoms with Gasteiger partial charge in [-0.3, -0.25) is 9.59 Å². The Labute approximate surface area is 133 Å². The topological polar surface area (TPSA) is 80.0 Å². The van der Waals surface area contributed by atoms with Crippen LogP contribution in [0.5, 0.6) is 5.75 Å². The summed E-state index contributed by atoms with van der Waals surface area (Å²) in [6, 6.07) is 5.49. The van der Waals surface area contributed by atoms with E-state index in [-0.39, 0.29) is 18.2 Å². The van der Waals surface area contributed by atoms with Crippen LogP contribution in [0.1, 0.15) is 29.5 Å². The molecule has 1 amide bonds. The van der Waals surface area contributed by atoms with Gasteiger partial charge in [0, 0.05) is 24.0 Å². The van der Waals surface area contributed by atoms with Crippen LogP contribution in [0.25, 0.3) is 11.0 Å². The fourth-order valence-electron chi connectivity index (χ4n) is 3.03. The zero-order chi connectivity index (χ0) is 16.8. The van der Waals surface area contributed by atoms with Crippen molar-refractivity contribution in [3.63, 3.8) is 0 Å². The number of benzene rings is 1. The molecule has 2 heterocycles. The predicted molar refractivity (Wildman–Crippen MR) is 83.8 cm³/mol. The Kier molecular flexibility index (Phi) is 3.55. The van der Waals surface area contributed by atoms with Crippen LogP contribution in [-0.4, -0.2) is 42.1 Å². The molecular formula is C17H19NO5. The summed E-state index contributed by atoms with van der Waals surface area (Å²) in [6.07, 6.45) is 0.441. The predicted octanol–water partition coefficient (Wildman–Crippen LogP) is 2.69. The minimum atomic E-state index is -0.896. The molecule has 1 N–H and O–H groups in total. The summed E-state index contributed by atoms with van der Waals surface area (Å²) in [4.78, 5) is 25.6. The lowest BCUT2D eigenvalue weighted by Crippen LogP contribution is -2.34. The maximum Gasteiger partial charge on any atom is 0.311 e. The quantitative estimate of drug-likeness (QED) is 0.941. The van der Waals surface area contributed by atoms with E-state index >= 15 is 0 Å². The van der Waals surface area contributed by atoms with E-state index in [0.29, 0.717) is 24.3 Å². The molecule has 6 nitrogen and oxygen atoms in total. The SMILES string of the molecule is COc1cccc2c(C)c(C(=O)N3CC[C@@](C)(C(=O)O)C3)oc12. The molecule has 0 aliphatic carbocycles. The number of furan rings is 1. The maximum absolute atomic E-state index is 12.7. The molecule has 2 aromatic rings. The lowest BCUT2D eigenvalue weighted by Gasteiger charge is -2.19. The first kappa shape index (κ1) is 15.4. The van der Waals surface area contributed by atoms with Crippen molar-refractivity contribution < 1.29 is 23.8 Å². The minimum Gasteiger partial charge on any atom is -0.493 e. The molecule has 0 spiro atoms. The number of carboxylic acid groups (broad SMARTS) is 1. The number of carbonyl (C=O) groups is 2. The summed E-state index contributed by atoms with van der Waals surface area (Å²) in [5.41, 5.74) is 0.386. The highest BCUT2D eigenvalue weighted by molar-refractivity contribution is 6.00. The van der Waals surface area contributed by atoms with Crippen molar-refractivity contribution in [2.45, 2.75) is 20.3 Å². The fraction of sp³-hybridized carbons (Fsp3) is 0.412. The third-order valence-corrected chi connectivity index (χ3v) is 4.62. The van der Waals surface area contributed by atoms with Gasteiger partial charge in [0.2, 0.25) is 0 Å². The number of carbonyl (C=O) groups excluding carboxylic acids is 1. The zero-order valence-corrected chi connectivity index (χ0v) is 13.4. The third kappa shape index (κ3) is 2.34. The fourth-order valence-corrected chi connectivity index (χ4v) is 3.03. The van der Waals surface area contributed by atoms with Crippen LogP contribution < -0.4 is 4.74 Å². The molecule has 1 atom stereocenters. The van der Waals surface area contributed by atoms with Crippen LogP contribution >= 0.6 is 0 Å². The van der Waals surface area contributed by atoms with Crippen LogP contribution in [-0.2, 0) is 4.79 Å². The van der Waals surface area contributed by atoms with Gasteiger partial charge < -0.3 is 19.2 Å². The molecule has 3 rings (SSSR count). The first-order valence-electron chi connectivity index (χ1n) is 7.46. The lowest BCUT2D eigenvalue weighted by atomic mass is 9.90. The Morgan fingerprint density at radius 3 is 2.74 bits per heavy atom. The van der Waals surface area contributed by atoms with Gasteiger partial charge in [-0.1, -0.05) is 12.1 Å². The van der Waals surface area contributed by atoms with Crippen LogP contribution in [0, 0.1) is 12.3 Å². The molecule has 1 aromatic heterocycles. The molecule has 1 aromatic carbocycles. The van der Waals surface area contributed by atoms with E-state index in [2.05, 4.69) is 0 Å². The van der Waals surface area contributed by atoms with Gasteiger partial charge in [-0.25, -0.2) is 0 Å². The monoisotopic (exact) mass is 317 g/mol. The molecule has 122 valence electrons.